The molecule has 3 amide bonds. The van der Waals surface area contributed by atoms with Crippen LogP contribution in [0.3, 0.4) is 0 Å². The van der Waals surface area contributed by atoms with E-state index in [0.717, 1.165) is 11.3 Å². The second-order valence-corrected chi connectivity index (χ2v) is 10.5. The maximum Gasteiger partial charge on any atom is 0.407 e. The van der Waals surface area contributed by atoms with E-state index in [1.165, 1.54) is 38.8 Å². The Labute approximate surface area is 239 Å². The van der Waals surface area contributed by atoms with Crippen molar-refractivity contribution in [3.8, 4) is 17.0 Å². The van der Waals surface area contributed by atoms with Crippen molar-refractivity contribution in [3.63, 3.8) is 0 Å². The summed E-state index contributed by atoms with van der Waals surface area (Å²) in [4.78, 5) is 44.9. The van der Waals surface area contributed by atoms with Gasteiger partial charge in [0, 0.05) is 62.1 Å². The number of hydrogen-bond donors (Lipinski definition) is 2. The molecule has 42 heavy (non-hydrogen) atoms. The number of benzene rings is 1. The topological polar surface area (TPSA) is 147 Å². The molecule has 16 heteroatoms. The quantitative estimate of drug-likeness (QED) is 0.302. The normalized spacial score (nSPS) is 13.7. The van der Waals surface area contributed by atoms with E-state index in [9.17, 15) is 23.2 Å². The summed E-state index contributed by atoms with van der Waals surface area (Å²) in [5.74, 6) is -0.995. The number of alkyl halides is 2. The highest BCUT2D eigenvalue weighted by Gasteiger charge is 2.27. The summed E-state index contributed by atoms with van der Waals surface area (Å²) in [6.45, 7) is -2.27. The number of fused-ring (bicyclic) bond motifs is 2. The third kappa shape index (κ3) is 5.07. The summed E-state index contributed by atoms with van der Waals surface area (Å²) < 4.78 is 35.3. The highest BCUT2D eigenvalue weighted by atomic mass is 32.1. The molecule has 0 atom stereocenters. The van der Waals surface area contributed by atoms with Crippen molar-refractivity contribution in [2.75, 3.05) is 31.5 Å². The molecule has 216 valence electrons. The zero-order chi connectivity index (χ0) is 29.5. The monoisotopic (exact) mass is 596 g/mol. The van der Waals surface area contributed by atoms with Gasteiger partial charge in [-0.25, -0.2) is 14.3 Å². The fraction of sp³-hybridized carbons (Fsp3) is 0.231. The minimum Gasteiger partial charge on any atom is -0.465 e. The van der Waals surface area contributed by atoms with Gasteiger partial charge in [0.2, 0.25) is 0 Å². The van der Waals surface area contributed by atoms with Gasteiger partial charge in [-0.1, -0.05) is 0 Å². The van der Waals surface area contributed by atoms with Crippen molar-refractivity contribution >= 4 is 50.7 Å². The molecule has 0 saturated carbocycles. The van der Waals surface area contributed by atoms with Crippen LogP contribution in [0.25, 0.3) is 27.0 Å². The number of carbonyl (C=O) groups is 3. The number of aromatic nitrogens is 5. The van der Waals surface area contributed by atoms with Crippen LogP contribution >= 0.6 is 11.3 Å². The number of ether oxygens (including phenoxy) is 1. The van der Waals surface area contributed by atoms with Gasteiger partial charge in [0.1, 0.15) is 17.0 Å². The Kier molecular flexibility index (Phi) is 6.89. The molecule has 0 unspecified atom stereocenters. The summed E-state index contributed by atoms with van der Waals surface area (Å²) in [7, 11) is 1.62. The molecule has 5 aromatic rings. The molecule has 6 rings (SSSR count). The fourth-order valence-corrected chi connectivity index (χ4v) is 5.81. The van der Waals surface area contributed by atoms with Crippen molar-refractivity contribution in [2.45, 2.75) is 6.61 Å². The Bertz CT molecular complexity index is 1840. The average molecular weight is 597 g/mol. The van der Waals surface area contributed by atoms with Crippen molar-refractivity contribution in [3.05, 3.63) is 59.5 Å². The second kappa shape index (κ2) is 10.7. The number of halogens is 2. The first kappa shape index (κ1) is 27.1. The molecule has 5 heterocycles. The Hall–Kier alpha value is -5.12. The summed E-state index contributed by atoms with van der Waals surface area (Å²) in [6, 6.07) is 6.26. The van der Waals surface area contributed by atoms with E-state index in [1.54, 1.807) is 36.3 Å². The summed E-state index contributed by atoms with van der Waals surface area (Å²) >= 11 is 1.16. The molecule has 13 nitrogen and oxygen atoms in total. The Balaban J connectivity index is 1.34. The van der Waals surface area contributed by atoms with E-state index in [4.69, 9.17) is 9.84 Å². The zero-order valence-electron chi connectivity index (χ0n) is 21.9. The van der Waals surface area contributed by atoms with Gasteiger partial charge in [-0.3, -0.25) is 14.3 Å². The van der Waals surface area contributed by atoms with Crippen molar-refractivity contribution in [1.82, 2.24) is 34.2 Å². The molecule has 4 aromatic heterocycles. The van der Waals surface area contributed by atoms with Gasteiger partial charge >= 0.3 is 12.7 Å². The minimum absolute atomic E-state index is 0.180. The largest absolute Gasteiger partial charge is 0.465 e. The predicted octanol–water partition coefficient (Wildman–Crippen LogP) is 3.63. The Morgan fingerprint density at radius 3 is 2.62 bits per heavy atom. The first-order valence-corrected chi connectivity index (χ1v) is 13.4. The lowest BCUT2D eigenvalue weighted by molar-refractivity contribution is -0.0493. The molecule has 1 fully saturated rings. The number of nitrogens with one attached hydrogen (secondary N) is 1. The lowest BCUT2D eigenvalue weighted by atomic mass is 10.1. The summed E-state index contributed by atoms with van der Waals surface area (Å²) in [5.41, 5.74) is 1.14. The first-order chi connectivity index (χ1) is 20.2. The lowest BCUT2D eigenvalue weighted by Crippen LogP contribution is -2.50. The van der Waals surface area contributed by atoms with Crippen LogP contribution < -0.4 is 10.1 Å². The third-order valence-corrected chi connectivity index (χ3v) is 7.82. The van der Waals surface area contributed by atoms with Crippen LogP contribution in [0.4, 0.5) is 19.3 Å². The van der Waals surface area contributed by atoms with Crippen LogP contribution in [0.1, 0.15) is 20.0 Å². The number of hydrogen-bond acceptors (Lipinski definition) is 8. The molecule has 0 radical (unpaired) electrons. The molecule has 1 aliphatic rings. The van der Waals surface area contributed by atoms with Crippen LogP contribution in [0.2, 0.25) is 0 Å². The Morgan fingerprint density at radius 2 is 1.88 bits per heavy atom. The number of carbonyl (C=O) groups excluding carboxylic acids is 2. The molecule has 1 saturated heterocycles. The van der Waals surface area contributed by atoms with Crippen LogP contribution in [-0.4, -0.2) is 90.0 Å². The molecule has 0 bridgehead atoms. The molecular weight excluding hydrogens is 574 g/mol. The zero-order valence-corrected chi connectivity index (χ0v) is 22.7. The standard InChI is InChI=1S/C26H22F2N8O5S/c1-33-13-17(31-23(37)16-12-30-36-4-2-3-29-22(16)36)21(32-33)15-11-19-14(9-18(15)41-25(27)28)10-20(42-19)24(38)34-5-7-35(8-6-34)26(39)40/h2-4,9-13,25H,5-8H2,1H3,(H,31,37)(H,39,40). The summed E-state index contributed by atoms with van der Waals surface area (Å²) in [6.07, 6.45) is 5.04. The number of amides is 3. The van der Waals surface area contributed by atoms with E-state index in [2.05, 4.69) is 20.5 Å². The highest BCUT2D eigenvalue weighted by molar-refractivity contribution is 7.20. The maximum atomic E-state index is 13.5. The van der Waals surface area contributed by atoms with E-state index in [1.807, 2.05) is 0 Å². The van der Waals surface area contributed by atoms with E-state index in [0.29, 0.717) is 20.6 Å². The molecule has 1 aliphatic heterocycles. The third-order valence-electron chi connectivity index (χ3n) is 6.74. The van der Waals surface area contributed by atoms with Crippen LogP contribution in [0, 0.1) is 0 Å². The Morgan fingerprint density at radius 1 is 1.12 bits per heavy atom. The van der Waals surface area contributed by atoms with Crippen LogP contribution in [0.5, 0.6) is 5.75 Å². The first-order valence-electron chi connectivity index (χ1n) is 12.6. The van der Waals surface area contributed by atoms with Crippen LogP contribution in [0.15, 0.2) is 49.1 Å². The van der Waals surface area contributed by atoms with Gasteiger partial charge in [0.05, 0.1) is 16.8 Å². The number of nitrogens with zero attached hydrogens (tertiary/aromatic N) is 7. The number of carboxylic acid groups (broad SMARTS) is 1. The van der Waals surface area contributed by atoms with Gasteiger partial charge in [0.25, 0.3) is 11.8 Å². The van der Waals surface area contributed by atoms with E-state index < -0.39 is 18.6 Å². The molecule has 0 aliphatic carbocycles. The smallest absolute Gasteiger partial charge is 0.407 e. The number of anilines is 1. The van der Waals surface area contributed by atoms with Crippen LogP contribution in [-0.2, 0) is 7.05 Å². The predicted molar refractivity (Wildman–Crippen MR) is 147 cm³/mol. The van der Waals surface area contributed by atoms with Crippen molar-refractivity contribution < 1.29 is 33.0 Å². The number of piperazine rings is 1. The van der Waals surface area contributed by atoms with Gasteiger partial charge in [0.15, 0.2) is 5.65 Å². The highest BCUT2D eigenvalue weighted by Crippen LogP contribution is 2.40. The number of rotatable bonds is 6. The number of thiophene rings is 1. The van der Waals surface area contributed by atoms with Crippen molar-refractivity contribution in [1.29, 1.82) is 0 Å². The van der Waals surface area contributed by atoms with Gasteiger partial charge in [-0.2, -0.15) is 19.0 Å². The van der Waals surface area contributed by atoms with E-state index in [-0.39, 0.29) is 60.3 Å². The number of aryl methyl sites for hydroxylation is 1. The molecule has 0 spiro atoms. The lowest BCUT2D eigenvalue weighted by Gasteiger charge is -2.32. The summed E-state index contributed by atoms with van der Waals surface area (Å²) in [5, 5.41) is 21.0. The molecule has 2 N–H and O–H groups in total. The average Bonchev–Trinajstić information content (AvgIpc) is 3.68. The van der Waals surface area contributed by atoms with E-state index >= 15 is 0 Å². The minimum atomic E-state index is -3.14. The molecule has 1 aromatic carbocycles. The molecular formula is C26H22F2N8O5S. The maximum absolute atomic E-state index is 13.5. The van der Waals surface area contributed by atoms with Gasteiger partial charge in [-0.15, -0.1) is 11.3 Å². The van der Waals surface area contributed by atoms with Crippen molar-refractivity contribution in [2.24, 2.45) is 7.05 Å². The SMILES string of the molecule is Cn1cc(NC(=O)c2cnn3cccnc23)c(-c2cc3sc(C(=O)N4CCN(C(=O)O)CC4)cc3cc2OC(F)F)n1. The second-order valence-electron chi connectivity index (χ2n) is 9.40. The van der Waals surface area contributed by atoms with Gasteiger partial charge in [-0.05, 0) is 29.7 Å². The van der Waals surface area contributed by atoms with Gasteiger partial charge < -0.3 is 25.0 Å². The fourth-order valence-electron chi connectivity index (χ4n) is 4.76.